The molecule has 2 amide bonds. The van der Waals surface area contributed by atoms with E-state index >= 15 is 4.79 Å². The monoisotopic (exact) mass is 642 g/mol. The molecule has 2 aliphatic rings. The van der Waals surface area contributed by atoms with Gasteiger partial charge in [-0.15, -0.1) is 0 Å². The minimum Gasteiger partial charge on any atom is -0.460 e. The number of nitrogens with zero attached hydrogens (tertiary/aromatic N) is 2. The summed E-state index contributed by atoms with van der Waals surface area (Å²) in [5.41, 5.74) is 3.02. The lowest BCUT2D eigenvalue weighted by molar-refractivity contribution is -0.161. The minimum absolute atomic E-state index is 0.211. The number of esters is 1. The van der Waals surface area contributed by atoms with Crippen LogP contribution in [0.3, 0.4) is 0 Å². The number of carbonyl (C=O) groups excluding carboxylic acids is 3. The predicted octanol–water partition coefficient (Wildman–Crippen LogP) is 8.90. The molecule has 48 heavy (non-hydrogen) atoms. The van der Waals surface area contributed by atoms with Crippen molar-refractivity contribution in [3.63, 3.8) is 0 Å². The molecule has 0 N–H and O–H groups in total. The number of amides is 2. The van der Waals surface area contributed by atoms with E-state index in [-0.39, 0.29) is 23.8 Å². The number of rotatable bonds is 10. The summed E-state index contributed by atoms with van der Waals surface area (Å²) in [6.07, 6.45) is 2.55. The van der Waals surface area contributed by atoms with E-state index in [0.29, 0.717) is 17.4 Å². The first-order chi connectivity index (χ1) is 23.3. The van der Waals surface area contributed by atoms with Gasteiger partial charge in [0, 0.05) is 5.56 Å². The number of hydrogen-bond donors (Lipinski definition) is 0. The van der Waals surface area contributed by atoms with E-state index in [9.17, 15) is 9.59 Å². The first-order valence-electron chi connectivity index (χ1n) is 17.3. The van der Waals surface area contributed by atoms with Gasteiger partial charge in [0.15, 0.2) is 11.8 Å². The first-order valence-corrected chi connectivity index (χ1v) is 17.3. The SMILES string of the molecule is CC1CCC(C(C)C)C(OC(=O)C2C(C(=O)c3ccccc3)N(C(c3ccccc3)c3ccccc3)C(=O)N2[C@@H](C)c2ccccc2)C1. The van der Waals surface area contributed by atoms with Crippen molar-refractivity contribution in [2.75, 3.05) is 0 Å². The van der Waals surface area contributed by atoms with Crippen LogP contribution in [0.5, 0.6) is 0 Å². The maximum atomic E-state index is 15.2. The largest absolute Gasteiger partial charge is 0.460 e. The Bertz CT molecular complexity index is 1640. The Balaban J connectivity index is 1.53. The van der Waals surface area contributed by atoms with Crippen LogP contribution in [0.4, 0.5) is 4.79 Å². The molecule has 1 aliphatic carbocycles. The van der Waals surface area contributed by atoms with Crippen molar-refractivity contribution in [2.45, 2.75) is 77.2 Å². The van der Waals surface area contributed by atoms with Crippen molar-refractivity contribution in [1.29, 1.82) is 0 Å². The number of ketones is 1. The topological polar surface area (TPSA) is 66.9 Å². The molecule has 0 bridgehead atoms. The predicted molar refractivity (Wildman–Crippen MR) is 188 cm³/mol. The van der Waals surface area contributed by atoms with Crippen molar-refractivity contribution in [2.24, 2.45) is 17.8 Å². The summed E-state index contributed by atoms with van der Waals surface area (Å²) < 4.78 is 6.53. The van der Waals surface area contributed by atoms with Crippen LogP contribution in [0.25, 0.3) is 0 Å². The van der Waals surface area contributed by atoms with E-state index in [1.807, 2.05) is 116 Å². The van der Waals surface area contributed by atoms with Crippen molar-refractivity contribution in [1.82, 2.24) is 9.80 Å². The molecule has 2 fully saturated rings. The van der Waals surface area contributed by atoms with Gasteiger partial charge < -0.3 is 14.5 Å². The summed E-state index contributed by atoms with van der Waals surface area (Å²) in [6.45, 7) is 8.49. The normalized spacial score (nSPS) is 23.4. The summed E-state index contributed by atoms with van der Waals surface area (Å²) in [5, 5.41) is 0. The Morgan fingerprint density at radius 1 is 0.667 bits per heavy atom. The molecular formula is C42H46N2O4. The molecule has 5 unspecified atom stereocenters. The molecule has 4 aromatic rings. The molecule has 6 nitrogen and oxygen atoms in total. The lowest BCUT2D eigenvalue weighted by Crippen LogP contribution is -2.51. The van der Waals surface area contributed by atoms with Gasteiger partial charge in [0.1, 0.15) is 12.1 Å². The maximum Gasteiger partial charge on any atom is 0.331 e. The summed E-state index contributed by atoms with van der Waals surface area (Å²) in [4.78, 5) is 48.2. The Kier molecular flexibility index (Phi) is 10.1. The lowest BCUT2D eigenvalue weighted by atomic mass is 9.75. The first kappa shape index (κ1) is 33.2. The Morgan fingerprint density at radius 3 is 1.69 bits per heavy atom. The molecule has 248 valence electrons. The number of Topliss-reactive ketones (excluding diaryl/α,β-unsaturated/α-hetero) is 1. The number of ether oxygens (including phenoxy) is 1. The van der Waals surface area contributed by atoms with Gasteiger partial charge in [0.25, 0.3) is 0 Å². The van der Waals surface area contributed by atoms with Gasteiger partial charge in [0.05, 0.1) is 12.1 Å². The Labute approximate surface area is 284 Å². The quantitative estimate of drug-likeness (QED) is 0.128. The molecule has 0 aromatic heterocycles. The zero-order valence-corrected chi connectivity index (χ0v) is 28.3. The number of urea groups is 1. The summed E-state index contributed by atoms with van der Waals surface area (Å²) >= 11 is 0. The van der Waals surface area contributed by atoms with Crippen LogP contribution in [0, 0.1) is 17.8 Å². The molecule has 0 spiro atoms. The smallest absolute Gasteiger partial charge is 0.331 e. The van der Waals surface area contributed by atoms with Crippen LogP contribution < -0.4 is 0 Å². The van der Waals surface area contributed by atoms with Crippen LogP contribution in [-0.2, 0) is 9.53 Å². The second kappa shape index (κ2) is 14.6. The molecule has 1 saturated heterocycles. The third kappa shape index (κ3) is 6.66. The van der Waals surface area contributed by atoms with E-state index in [4.69, 9.17) is 4.74 Å². The minimum atomic E-state index is -1.17. The molecule has 0 radical (unpaired) electrons. The van der Waals surface area contributed by atoms with Gasteiger partial charge in [0.2, 0.25) is 0 Å². The van der Waals surface area contributed by atoms with E-state index in [1.165, 1.54) is 0 Å². The van der Waals surface area contributed by atoms with Gasteiger partial charge in [-0.2, -0.15) is 0 Å². The second-order valence-electron chi connectivity index (χ2n) is 13.8. The van der Waals surface area contributed by atoms with Crippen LogP contribution in [0.15, 0.2) is 121 Å². The van der Waals surface area contributed by atoms with Crippen LogP contribution >= 0.6 is 0 Å². The molecule has 4 aromatic carbocycles. The van der Waals surface area contributed by atoms with Crippen molar-refractivity contribution in [3.05, 3.63) is 144 Å². The summed E-state index contributed by atoms with van der Waals surface area (Å²) in [7, 11) is 0. The van der Waals surface area contributed by atoms with Crippen molar-refractivity contribution < 1.29 is 19.1 Å². The molecule has 6 heteroatoms. The molecule has 1 saturated carbocycles. The third-order valence-electron chi connectivity index (χ3n) is 10.3. The standard InChI is InChI=1S/C42H46N2O4/c1-28(2)35-26-25-29(3)27-36(35)48-41(46)39-38(40(45)34-23-15-8-16-24-34)44(42(47)43(39)30(4)31-17-9-5-10-18-31)37(32-19-11-6-12-20-32)33-21-13-7-14-22-33/h5-24,28-30,35-39H,25-27H2,1-4H3/t29?,30-,35?,36?,38?,39?/m0/s1. The fraction of sp³-hybridized carbons (Fsp3) is 0.357. The van der Waals surface area contributed by atoms with Gasteiger partial charge in [-0.3, -0.25) is 4.79 Å². The fourth-order valence-corrected chi connectivity index (χ4v) is 7.78. The third-order valence-corrected chi connectivity index (χ3v) is 10.3. The highest BCUT2D eigenvalue weighted by Crippen LogP contribution is 2.43. The zero-order chi connectivity index (χ0) is 33.8. The Hall–Kier alpha value is -4.71. The molecule has 6 atom stereocenters. The number of hydrogen-bond acceptors (Lipinski definition) is 4. The van der Waals surface area contributed by atoms with E-state index in [2.05, 4.69) is 20.8 Å². The van der Waals surface area contributed by atoms with E-state index in [0.717, 1.165) is 36.0 Å². The maximum absolute atomic E-state index is 15.2. The van der Waals surface area contributed by atoms with Crippen LogP contribution in [-0.4, -0.2) is 45.8 Å². The van der Waals surface area contributed by atoms with Crippen molar-refractivity contribution in [3.8, 4) is 0 Å². The summed E-state index contributed by atoms with van der Waals surface area (Å²) in [6, 6.07) is 34.4. The average molecular weight is 643 g/mol. The fourth-order valence-electron chi connectivity index (χ4n) is 7.78. The second-order valence-corrected chi connectivity index (χ2v) is 13.8. The molecule has 6 rings (SSSR count). The lowest BCUT2D eigenvalue weighted by Gasteiger charge is -2.38. The zero-order valence-electron chi connectivity index (χ0n) is 28.3. The molecular weight excluding hydrogens is 596 g/mol. The van der Waals surface area contributed by atoms with Crippen molar-refractivity contribution >= 4 is 17.8 Å². The van der Waals surface area contributed by atoms with Gasteiger partial charge >= 0.3 is 12.0 Å². The highest BCUT2D eigenvalue weighted by molar-refractivity contribution is 6.08. The molecule has 1 heterocycles. The highest BCUT2D eigenvalue weighted by Gasteiger charge is 2.58. The number of benzene rings is 4. The van der Waals surface area contributed by atoms with Gasteiger partial charge in [-0.1, -0.05) is 149 Å². The number of carbonyl (C=O) groups is 3. The Morgan fingerprint density at radius 2 is 1.17 bits per heavy atom. The molecule has 1 aliphatic heterocycles. The van der Waals surface area contributed by atoms with Crippen LogP contribution in [0.1, 0.15) is 86.1 Å². The van der Waals surface area contributed by atoms with E-state index in [1.54, 1.807) is 21.9 Å². The highest BCUT2D eigenvalue weighted by atomic mass is 16.5. The van der Waals surface area contributed by atoms with Crippen LogP contribution in [0.2, 0.25) is 0 Å². The van der Waals surface area contributed by atoms with Gasteiger partial charge in [-0.05, 0) is 54.2 Å². The van der Waals surface area contributed by atoms with E-state index < -0.39 is 30.1 Å². The average Bonchev–Trinajstić information content (AvgIpc) is 3.41. The van der Waals surface area contributed by atoms with Gasteiger partial charge in [-0.25, -0.2) is 9.59 Å². The summed E-state index contributed by atoms with van der Waals surface area (Å²) in [5.74, 6) is 0.151.